The van der Waals surface area contributed by atoms with Gasteiger partial charge >= 0.3 is 5.97 Å². The number of carboxylic acid groups (broad SMARTS) is 1. The predicted molar refractivity (Wildman–Crippen MR) is 63.2 cm³/mol. The van der Waals surface area contributed by atoms with Crippen LogP contribution in [-0.4, -0.2) is 24.2 Å². The van der Waals surface area contributed by atoms with Crippen molar-refractivity contribution in [2.45, 2.75) is 24.3 Å². The minimum Gasteiger partial charge on any atom is -0.480 e. The summed E-state index contributed by atoms with van der Waals surface area (Å²) in [6.45, 7) is -1.85. The van der Waals surface area contributed by atoms with Crippen LogP contribution in [-0.2, 0) is 21.5 Å². The summed E-state index contributed by atoms with van der Waals surface area (Å²) in [5, 5.41) is 8.84. The number of alkyl halides is 1. The van der Waals surface area contributed by atoms with Gasteiger partial charge in [0, 0.05) is 0 Å². The molecule has 1 fully saturated rings. The van der Waals surface area contributed by atoms with Gasteiger partial charge in [0.2, 0.25) is 10.0 Å². The highest BCUT2D eigenvalue weighted by molar-refractivity contribution is 7.95. The summed E-state index contributed by atoms with van der Waals surface area (Å²) in [5.74, 6) is -10.3. The summed E-state index contributed by atoms with van der Waals surface area (Å²) in [5.41, 5.74) is -3.25. The Labute approximate surface area is 120 Å². The molecule has 1 aromatic carbocycles. The van der Waals surface area contributed by atoms with E-state index in [2.05, 4.69) is 0 Å². The summed E-state index contributed by atoms with van der Waals surface area (Å²) in [6.07, 6.45) is -0.650. The first kappa shape index (κ1) is 16.5. The summed E-state index contributed by atoms with van der Waals surface area (Å²) in [4.78, 5) is 10.9. The number of hydrogen-bond donors (Lipinski definition) is 2. The van der Waals surface area contributed by atoms with E-state index in [4.69, 9.17) is 5.11 Å². The molecule has 5 nitrogen and oxygen atoms in total. The maximum absolute atomic E-state index is 13.6. The SMILES string of the molecule is O=C(O)C1(S(=O)(=O)Nc2c(F)c(F)c(CF)c(F)c2F)CC1. The molecular formula is C11H8F5NO4S. The third kappa shape index (κ3) is 2.19. The van der Waals surface area contributed by atoms with E-state index in [-0.39, 0.29) is 12.8 Å². The molecule has 0 radical (unpaired) electrons. The number of hydrogen-bond acceptors (Lipinski definition) is 3. The van der Waals surface area contributed by atoms with Crippen LogP contribution >= 0.6 is 0 Å². The van der Waals surface area contributed by atoms with Crippen molar-refractivity contribution in [2.75, 3.05) is 4.72 Å². The highest BCUT2D eigenvalue weighted by Crippen LogP contribution is 2.45. The van der Waals surface area contributed by atoms with Gasteiger partial charge in [0.25, 0.3) is 0 Å². The molecule has 1 saturated carbocycles. The first-order chi connectivity index (χ1) is 10.1. The first-order valence-corrected chi connectivity index (χ1v) is 7.24. The van der Waals surface area contributed by atoms with Crippen molar-refractivity contribution >= 4 is 21.7 Å². The van der Waals surface area contributed by atoms with Gasteiger partial charge in [0.15, 0.2) is 28.0 Å². The molecule has 0 aliphatic heterocycles. The van der Waals surface area contributed by atoms with Crippen LogP contribution in [0.4, 0.5) is 27.6 Å². The van der Waals surface area contributed by atoms with Crippen LogP contribution in [0.2, 0.25) is 0 Å². The molecule has 0 heterocycles. The van der Waals surface area contributed by atoms with E-state index in [0.29, 0.717) is 0 Å². The van der Waals surface area contributed by atoms with Crippen molar-refractivity contribution in [3.05, 3.63) is 28.8 Å². The Morgan fingerprint density at radius 2 is 1.55 bits per heavy atom. The number of sulfonamides is 1. The van der Waals surface area contributed by atoms with E-state index in [1.54, 1.807) is 0 Å². The van der Waals surface area contributed by atoms with Crippen LogP contribution < -0.4 is 4.72 Å². The van der Waals surface area contributed by atoms with Crippen LogP contribution in [0.3, 0.4) is 0 Å². The lowest BCUT2D eigenvalue weighted by atomic mass is 10.1. The van der Waals surface area contributed by atoms with Gasteiger partial charge in [-0.3, -0.25) is 9.52 Å². The van der Waals surface area contributed by atoms with Crippen molar-refractivity contribution in [2.24, 2.45) is 0 Å². The van der Waals surface area contributed by atoms with Gasteiger partial charge in [-0.2, -0.15) is 0 Å². The molecule has 0 unspecified atom stereocenters. The highest BCUT2D eigenvalue weighted by Gasteiger charge is 2.62. The molecule has 0 atom stereocenters. The van der Waals surface area contributed by atoms with Gasteiger partial charge in [-0.25, -0.2) is 30.4 Å². The van der Waals surface area contributed by atoms with Crippen molar-refractivity contribution in [3.63, 3.8) is 0 Å². The van der Waals surface area contributed by atoms with Crippen LogP contribution in [0.5, 0.6) is 0 Å². The maximum Gasteiger partial charge on any atom is 0.326 e. The smallest absolute Gasteiger partial charge is 0.326 e. The molecule has 0 aromatic heterocycles. The number of rotatable bonds is 5. The standard InChI is InChI=1S/C11H8F5NO4S/c12-3-4-5(13)7(15)9(8(16)6(4)14)17-22(20,21)11(1-2-11)10(18)19/h17H,1-3H2,(H,18,19). The number of nitrogens with one attached hydrogen (secondary N) is 1. The minimum absolute atomic E-state index is 0.325. The molecule has 0 saturated heterocycles. The van der Waals surface area contributed by atoms with Gasteiger partial charge in [-0.15, -0.1) is 0 Å². The van der Waals surface area contributed by atoms with Crippen LogP contribution in [0, 0.1) is 23.3 Å². The third-order valence-corrected chi connectivity index (χ3v) is 5.42. The topological polar surface area (TPSA) is 83.5 Å². The van der Waals surface area contributed by atoms with Crippen LogP contribution in [0.15, 0.2) is 0 Å². The average Bonchev–Trinajstić information content (AvgIpc) is 3.24. The fraction of sp³-hybridized carbons (Fsp3) is 0.364. The lowest BCUT2D eigenvalue weighted by molar-refractivity contribution is -0.137. The fourth-order valence-electron chi connectivity index (χ4n) is 1.83. The van der Waals surface area contributed by atoms with Crippen molar-refractivity contribution in [1.82, 2.24) is 0 Å². The van der Waals surface area contributed by atoms with Crippen LogP contribution in [0.25, 0.3) is 0 Å². The molecular weight excluding hydrogens is 337 g/mol. The molecule has 22 heavy (non-hydrogen) atoms. The Kier molecular flexibility index (Phi) is 3.80. The van der Waals surface area contributed by atoms with E-state index in [0.717, 1.165) is 0 Å². The number of anilines is 1. The number of carbonyl (C=O) groups is 1. The first-order valence-electron chi connectivity index (χ1n) is 5.75. The Hall–Kier alpha value is -1.91. The molecule has 11 heteroatoms. The second-order valence-electron chi connectivity index (χ2n) is 4.65. The predicted octanol–water partition coefficient (Wildman–Crippen LogP) is 2.07. The largest absolute Gasteiger partial charge is 0.480 e. The number of carboxylic acids is 1. The second kappa shape index (κ2) is 5.07. The molecule has 1 aliphatic carbocycles. The monoisotopic (exact) mass is 345 g/mol. The Morgan fingerprint density at radius 3 is 1.86 bits per heavy atom. The van der Waals surface area contributed by atoms with Crippen molar-refractivity contribution in [1.29, 1.82) is 0 Å². The van der Waals surface area contributed by atoms with E-state index in [1.165, 1.54) is 4.72 Å². The molecule has 0 bridgehead atoms. The zero-order chi connectivity index (χ0) is 16.9. The number of aliphatic carboxylic acids is 1. The summed E-state index contributed by atoms with van der Waals surface area (Å²) in [6, 6.07) is 0. The van der Waals surface area contributed by atoms with Gasteiger partial charge < -0.3 is 5.11 Å². The number of benzene rings is 1. The van der Waals surface area contributed by atoms with Gasteiger partial charge in [-0.05, 0) is 12.8 Å². The van der Waals surface area contributed by atoms with E-state index >= 15 is 0 Å². The van der Waals surface area contributed by atoms with Gasteiger partial charge in [0.05, 0.1) is 5.56 Å². The number of halogens is 5. The molecule has 0 amide bonds. The average molecular weight is 345 g/mol. The summed E-state index contributed by atoms with van der Waals surface area (Å²) >= 11 is 0. The molecule has 2 rings (SSSR count). The van der Waals surface area contributed by atoms with E-state index in [9.17, 15) is 35.2 Å². The second-order valence-corrected chi connectivity index (χ2v) is 6.64. The lowest BCUT2D eigenvalue weighted by Gasteiger charge is -2.16. The molecule has 0 spiro atoms. The fourth-order valence-corrected chi connectivity index (χ4v) is 3.34. The van der Waals surface area contributed by atoms with Gasteiger partial charge in [0.1, 0.15) is 12.4 Å². The van der Waals surface area contributed by atoms with Crippen LogP contribution in [0.1, 0.15) is 18.4 Å². The summed E-state index contributed by atoms with van der Waals surface area (Å²) in [7, 11) is -4.86. The highest BCUT2D eigenvalue weighted by atomic mass is 32.2. The quantitative estimate of drug-likeness (QED) is 0.632. The molecule has 1 aliphatic rings. The van der Waals surface area contributed by atoms with Gasteiger partial charge in [-0.1, -0.05) is 0 Å². The Morgan fingerprint density at radius 1 is 1.09 bits per heavy atom. The van der Waals surface area contributed by atoms with E-state index in [1.807, 2.05) is 0 Å². The zero-order valence-corrected chi connectivity index (χ0v) is 11.4. The Bertz CT molecular complexity index is 731. The minimum atomic E-state index is -4.86. The van der Waals surface area contributed by atoms with E-state index < -0.39 is 61.9 Å². The van der Waals surface area contributed by atoms with Crippen molar-refractivity contribution < 1.29 is 40.3 Å². The third-order valence-electron chi connectivity index (χ3n) is 3.33. The summed E-state index contributed by atoms with van der Waals surface area (Å²) < 4.78 is 88.9. The lowest BCUT2D eigenvalue weighted by Crippen LogP contribution is -2.37. The Balaban J connectivity index is 2.54. The molecule has 122 valence electrons. The molecule has 1 aromatic rings. The van der Waals surface area contributed by atoms with Crippen molar-refractivity contribution in [3.8, 4) is 0 Å². The normalized spacial score (nSPS) is 16.4. The zero-order valence-electron chi connectivity index (χ0n) is 10.6. The molecule has 2 N–H and O–H groups in total. The maximum atomic E-state index is 13.6.